The van der Waals surface area contributed by atoms with Crippen molar-refractivity contribution < 1.29 is 23.9 Å². The Bertz CT molecular complexity index is 1050. The molecule has 7 heteroatoms. The Labute approximate surface area is 166 Å². The summed E-state index contributed by atoms with van der Waals surface area (Å²) in [6.45, 7) is 0. The summed E-state index contributed by atoms with van der Waals surface area (Å²) in [7, 11) is 0. The number of fused-ring (bicyclic) bond motifs is 1. The topological polar surface area (TPSA) is 103 Å². The Morgan fingerprint density at radius 1 is 1.07 bits per heavy atom. The number of benzene rings is 1. The summed E-state index contributed by atoms with van der Waals surface area (Å²) in [5.41, 5.74) is 0.626. The highest BCUT2D eigenvalue weighted by atomic mass is 16.4. The van der Waals surface area contributed by atoms with Crippen LogP contribution in [0.5, 0.6) is 0 Å². The van der Waals surface area contributed by atoms with E-state index in [1.54, 1.807) is 24.3 Å². The van der Waals surface area contributed by atoms with Crippen molar-refractivity contribution in [2.45, 2.75) is 12.8 Å². The van der Waals surface area contributed by atoms with E-state index in [2.05, 4.69) is 17.3 Å². The Morgan fingerprint density at radius 2 is 1.76 bits per heavy atom. The first-order valence-electron chi connectivity index (χ1n) is 9.54. The van der Waals surface area contributed by atoms with Gasteiger partial charge in [0.1, 0.15) is 11.5 Å². The third-order valence-electron chi connectivity index (χ3n) is 6.05. The van der Waals surface area contributed by atoms with E-state index in [1.807, 2.05) is 0 Å². The maximum atomic E-state index is 12.8. The smallest absolute Gasteiger partial charge is 0.254 e. The molecule has 2 fully saturated rings. The lowest BCUT2D eigenvalue weighted by molar-refractivity contribution is -0.255. The van der Waals surface area contributed by atoms with Gasteiger partial charge in [0, 0.05) is 5.56 Å². The van der Waals surface area contributed by atoms with Crippen LogP contribution in [0.15, 0.2) is 58.1 Å². The number of furan rings is 1. The minimum absolute atomic E-state index is 0.0493. The number of nitrogens with zero attached hydrogens (tertiary/aromatic N) is 2. The highest BCUT2D eigenvalue weighted by Gasteiger charge is 2.56. The number of carboxylic acid groups (broad SMARTS) is 1. The van der Waals surface area contributed by atoms with E-state index < -0.39 is 5.97 Å². The molecule has 1 saturated heterocycles. The molecule has 2 heterocycles. The largest absolute Gasteiger partial charge is 0.545 e. The molecular weight excluding hydrogens is 372 g/mol. The van der Waals surface area contributed by atoms with Gasteiger partial charge in [0.05, 0.1) is 24.0 Å². The molecule has 29 heavy (non-hydrogen) atoms. The van der Waals surface area contributed by atoms with Crippen molar-refractivity contribution in [1.29, 1.82) is 0 Å². The Balaban J connectivity index is 1.37. The molecule has 0 spiro atoms. The molecule has 2 bridgehead atoms. The molecule has 1 aliphatic heterocycles. The number of rotatable bonds is 4. The Kier molecular flexibility index (Phi) is 3.97. The second-order valence-corrected chi connectivity index (χ2v) is 7.64. The lowest BCUT2D eigenvalue weighted by Crippen LogP contribution is -2.38. The molecule has 3 aliphatic carbocycles. The van der Waals surface area contributed by atoms with Gasteiger partial charge in [0.25, 0.3) is 11.8 Å². The zero-order valence-corrected chi connectivity index (χ0v) is 15.4. The fourth-order valence-corrected chi connectivity index (χ4v) is 4.66. The molecule has 6 rings (SSSR count). The van der Waals surface area contributed by atoms with Crippen LogP contribution in [0.2, 0.25) is 0 Å². The number of hydrazone groups is 1. The molecule has 0 radical (unpaired) electrons. The molecule has 1 aromatic carbocycles. The molecular formula is C22H17N2O5-. The van der Waals surface area contributed by atoms with Crippen LogP contribution in [0.1, 0.15) is 29.0 Å². The summed E-state index contributed by atoms with van der Waals surface area (Å²) in [5.74, 6) is -1.32. The highest BCUT2D eigenvalue weighted by molar-refractivity contribution is 6.06. The summed E-state index contributed by atoms with van der Waals surface area (Å²) in [4.78, 5) is 36.5. The van der Waals surface area contributed by atoms with Gasteiger partial charge in [-0.25, -0.2) is 0 Å². The number of aromatic carboxylic acids is 1. The van der Waals surface area contributed by atoms with Crippen molar-refractivity contribution in [3.63, 3.8) is 0 Å². The predicted octanol–water partition coefficient (Wildman–Crippen LogP) is 1.84. The summed E-state index contributed by atoms with van der Waals surface area (Å²) >= 11 is 0. The minimum atomic E-state index is -1.27. The Hall–Kier alpha value is -3.48. The third kappa shape index (κ3) is 2.81. The number of hydrogen-bond acceptors (Lipinski definition) is 6. The third-order valence-corrected chi connectivity index (χ3v) is 6.05. The first-order valence-corrected chi connectivity index (χ1v) is 9.54. The van der Waals surface area contributed by atoms with Crippen LogP contribution in [-0.4, -0.2) is 29.0 Å². The number of amides is 2. The molecule has 1 saturated carbocycles. The van der Waals surface area contributed by atoms with Gasteiger partial charge in [-0.2, -0.15) is 10.1 Å². The van der Waals surface area contributed by atoms with Gasteiger partial charge in [-0.3, -0.25) is 9.59 Å². The molecule has 0 unspecified atom stereocenters. The van der Waals surface area contributed by atoms with Crippen molar-refractivity contribution >= 4 is 24.0 Å². The number of carbonyl (C=O) groups excluding carboxylic acids is 3. The molecule has 7 nitrogen and oxygen atoms in total. The monoisotopic (exact) mass is 389 g/mol. The average molecular weight is 389 g/mol. The molecule has 1 aromatic heterocycles. The number of imide groups is 1. The van der Waals surface area contributed by atoms with E-state index in [0.717, 1.165) is 17.9 Å². The van der Waals surface area contributed by atoms with E-state index in [4.69, 9.17) is 4.42 Å². The van der Waals surface area contributed by atoms with Gasteiger partial charge in [-0.1, -0.05) is 30.4 Å². The molecule has 4 atom stereocenters. The summed E-state index contributed by atoms with van der Waals surface area (Å²) in [6.07, 6.45) is 7.34. The fraction of sp³-hybridized carbons (Fsp3) is 0.273. The number of carbonyl (C=O) groups is 3. The lowest BCUT2D eigenvalue weighted by Gasteiger charge is -2.37. The first-order chi connectivity index (χ1) is 14.0. The molecule has 4 aliphatic rings. The van der Waals surface area contributed by atoms with Crippen molar-refractivity contribution in [3.8, 4) is 11.3 Å². The average Bonchev–Trinajstić information content (AvgIpc) is 3.32. The van der Waals surface area contributed by atoms with Gasteiger partial charge < -0.3 is 14.3 Å². The van der Waals surface area contributed by atoms with E-state index in [9.17, 15) is 19.5 Å². The predicted molar refractivity (Wildman–Crippen MR) is 100 cm³/mol. The number of hydrogen-bond donors (Lipinski definition) is 0. The zero-order chi connectivity index (χ0) is 20.1. The molecule has 146 valence electrons. The minimum Gasteiger partial charge on any atom is -0.545 e. The second kappa shape index (κ2) is 6.55. The Morgan fingerprint density at radius 3 is 2.38 bits per heavy atom. The van der Waals surface area contributed by atoms with Gasteiger partial charge in [0.2, 0.25) is 0 Å². The summed E-state index contributed by atoms with van der Waals surface area (Å²) in [5, 5.41) is 16.1. The van der Waals surface area contributed by atoms with Crippen LogP contribution < -0.4 is 5.11 Å². The number of allylic oxidation sites excluding steroid dienone is 2. The summed E-state index contributed by atoms with van der Waals surface area (Å²) < 4.78 is 5.68. The maximum Gasteiger partial charge on any atom is 0.254 e. The van der Waals surface area contributed by atoms with Gasteiger partial charge in [-0.15, -0.1) is 0 Å². The second-order valence-electron chi connectivity index (χ2n) is 7.64. The fourth-order valence-electron chi connectivity index (χ4n) is 4.66. The molecule has 0 N–H and O–H groups in total. The van der Waals surface area contributed by atoms with E-state index in [-0.39, 0.29) is 41.0 Å². The van der Waals surface area contributed by atoms with Crippen LogP contribution in [0, 0.1) is 23.7 Å². The van der Waals surface area contributed by atoms with Crippen LogP contribution in [-0.2, 0) is 9.59 Å². The lowest BCUT2D eigenvalue weighted by atomic mass is 9.63. The first kappa shape index (κ1) is 17.6. The molecule has 2 aromatic rings. The van der Waals surface area contributed by atoms with Crippen molar-refractivity contribution in [1.82, 2.24) is 5.01 Å². The summed E-state index contributed by atoms with van der Waals surface area (Å²) in [6, 6.07) is 9.53. The van der Waals surface area contributed by atoms with Gasteiger partial charge >= 0.3 is 0 Å². The highest BCUT2D eigenvalue weighted by Crippen LogP contribution is 2.49. The quantitative estimate of drug-likeness (QED) is 0.451. The molecule has 2 amide bonds. The number of carboxylic acids is 1. The van der Waals surface area contributed by atoms with Crippen LogP contribution in [0.3, 0.4) is 0 Å². The van der Waals surface area contributed by atoms with Crippen molar-refractivity contribution in [2.75, 3.05) is 0 Å². The van der Waals surface area contributed by atoms with E-state index in [0.29, 0.717) is 17.1 Å². The maximum absolute atomic E-state index is 12.8. The van der Waals surface area contributed by atoms with Crippen molar-refractivity contribution in [3.05, 3.63) is 59.9 Å². The van der Waals surface area contributed by atoms with Gasteiger partial charge in [-0.05, 0) is 48.4 Å². The van der Waals surface area contributed by atoms with E-state index in [1.165, 1.54) is 18.3 Å². The van der Waals surface area contributed by atoms with E-state index >= 15 is 0 Å². The van der Waals surface area contributed by atoms with Crippen LogP contribution >= 0.6 is 0 Å². The van der Waals surface area contributed by atoms with Crippen LogP contribution in [0.25, 0.3) is 11.3 Å². The SMILES string of the molecule is O=C([O-])c1cccc(-c2ccc(/C=N\N3C(=O)[C@@H]4[C@H](C3=O)[C@@H]3C=C[C@H]4CC3)o2)c1. The van der Waals surface area contributed by atoms with Gasteiger partial charge in [0.15, 0.2) is 0 Å². The zero-order valence-electron chi connectivity index (χ0n) is 15.4. The standard InChI is InChI=1S/C22H18N2O5/c25-20-18-12-4-5-13(7-6-12)19(18)21(26)24(20)23-11-16-8-9-17(29-16)14-2-1-3-15(10-14)22(27)28/h1-5,8-13,18-19H,6-7H2,(H,27,28)/p-1/b23-11-/t12-,13+,18-,19+. The normalized spacial score (nSPS) is 27.8. The van der Waals surface area contributed by atoms with Crippen molar-refractivity contribution in [2.24, 2.45) is 28.8 Å². The van der Waals surface area contributed by atoms with Crippen LogP contribution in [0.4, 0.5) is 0 Å².